The Bertz CT molecular complexity index is 1680. The Kier molecular flexibility index (Phi) is 12.9. The van der Waals surface area contributed by atoms with Crippen molar-refractivity contribution >= 4 is 23.7 Å². The minimum atomic E-state index is -0.972. The summed E-state index contributed by atoms with van der Waals surface area (Å²) < 4.78 is 40.5. The molecule has 4 heterocycles. The van der Waals surface area contributed by atoms with Crippen molar-refractivity contribution < 1.29 is 37.5 Å². The largest absolute Gasteiger partial charge is 0.482 e. The highest BCUT2D eigenvalue weighted by Gasteiger charge is 2.55. The second-order valence-corrected chi connectivity index (χ2v) is 14.0. The van der Waals surface area contributed by atoms with E-state index < -0.39 is 57.8 Å². The molecule has 0 unspecified atom stereocenters. The van der Waals surface area contributed by atoms with Crippen LogP contribution in [0.3, 0.4) is 0 Å². The second-order valence-electron chi connectivity index (χ2n) is 14.0. The molecule has 1 aromatic heterocycles. The lowest BCUT2D eigenvalue weighted by atomic mass is 9.85. The average molecular weight is 713 g/mol. The molecule has 1 aromatic carbocycles. The number of methoxy groups -OCH3 is 1. The Morgan fingerprint density at radius 3 is 2.37 bits per heavy atom. The molecule has 1 spiro atoms. The van der Waals surface area contributed by atoms with Crippen LogP contribution in [0.25, 0.3) is 0 Å². The molecular weight excluding hydrogens is 662 g/mol. The Morgan fingerprint density at radius 1 is 1.04 bits per heavy atom. The number of halogens is 2. The zero-order chi connectivity index (χ0) is 36.5. The van der Waals surface area contributed by atoms with E-state index in [0.717, 1.165) is 31.7 Å². The molecule has 2 bridgehead atoms. The van der Waals surface area contributed by atoms with E-state index in [1.165, 1.54) is 62.5 Å². The van der Waals surface area contributed by atoms with Gasteiger partial charge in [0.25, 0.3) is 11.8 Å². The smallest absolute Gasteiger partial charge is 0.311 e. The fourth-order valence-electron chi connectivity index (χ4n) is 7.31. The average Bonchev–Trinajstić information content (AvgIpc) is 3.49. The highest BCUT2D eigenvalue weighted by atomic mass is 19.1. The quantitative estimate of drug-likeness (QED) is 0.147. The minimum absolute atomic E-state index is 0.00700. The lowest BCUT2D eigenvalue weighted by molar-refractivity contribution is -0.134. The van der Waals surface area contributed by atoms with E-state index in [1.807, 2.05) is 6.92 Å². The SMILES string of the molecule is CCCCCCCCCCCCCC(=O)Oc1c2n(cc(C(=O)NCc3ccc(F)cc3F)c1=O)[C@@H]1CN(C2=O)[C@@H](C)CC[C@]12CC(OC)=NO2. The maximum atomic E-state index is 14.4. The van der Waals surface area contributed by atoms with E-state index in [2.05, 4.69) is 17.4 Å². The van der Waals surface area contributed by atoms with Gasteiger partial charge in [-0.2, -0.15) is 0 Å². The van der Waals surface area contributed by atoms with Crippen LogP contribution in [0, 0.1) is 11.6 Å². The molecule has 1 N–H and O–H groups in total. The predicted octanol–water partition coefficient (Wildman–Crippen LogP) is 6.96. The maximum Gasteiger partial charge on any atom is 0.311 e. The van der Waals surface area contributed by atoms with Crippen molar-refractivity contribution in [3.8, 4) is 5.75 Å². The van der Waals surface area contributed by atoms with E-state index in [4.69, 9.17) is 14.3 Å². The number of carbonyl (C=O) groups excluding carboxylic acids is 3. The minimum Gasteiger partial charge on any atom is -0.482 e. The van der Waals surface area contributed by atoms with Crippen LogP contribution in [-0.4, -0.2) is 58.4 Å². The molecule has 3 aliphatic rings. The van der Waals surface area contributed by atoms with Crippen LogP contribution >= 0.6 is 0 Å². The molecular formula is C38H50F2N4O7. The first-order valence-electron chi connectivity index (χ1n) is 18.4. The predicted molar refractivity (Wildman–Crippen MR) is 187 cm³/mol. The van der Waals surface area contributed by atoms with Gasteiger partial charge >= 0.3 is 5.97 Å². The number of unbranched alkanes of at least 4 members (excludes halogenated alkanes) is 10. The number of nitrogens with zero attached hydrogens (tertiary/aromatic N) is 3. The molecule has 51 heavy (non-hydrogen) atoms. The highest BCUT2D eigenvalue weighted by Crippen LogP contribution is 2.46. The van der Waals surface area contributed by atoms with Gasteiger partial charge in [0.2, 0.25) is 17.1 Å². The zero-order valence-electron chi connectivity index (χ0n) is 29.9. The number of amides is 2. The molecule has 0 saturated carbocycles. The number of oxime groups is 1. The molecule has 3 atom stereocenters. The summed E-state index contributed by atoms with van der Waals surface area (Å²) in [7, 11) is 1.49. The number of hydrogen-bond acceptors (Lipinski definition) is 8. The summed E-state index contributed by atoms with van der Waals surface area (Å²) in [5.41, 5.74) is -2.46. The fraction of sp³-hybridized carbons (Fsp3) is 0.605. The summed E-state index contributed by atoms with van der Waals surface area (Å²) in [6.45, 7) is 3.96. The lowest BCUT2D eigenvalue weighted by Crippen LogP contribution is -2.52. The number of nitrogens with one attached hydrogen (secondary N) is 1. The van der Waals surface area contributed by atoms with Crippen molar-refractivity contribution in [2.45, 2.75) is 134 Å². The van der Waals surface area contributed by atoms with E-state index in [9.17, 15) is 28.0 Å². The number of hydrogen-bond donors (Lipinski definition) is 1. The Balaban J connectivity index is 1.38. The first kappa shape index (κ1) is 38.0. The van der Waals surface area contributed by atoms with Crippen LogP contribution in [0.15, 0.2) is 34.3 Å². The van der Waals surface area contributed by atoms with Crippen LogP contribution in [0.5, 0.6) is 5.75 Å². The van der Waals surface area contributed by atoms with Gasteiger partial charge in [0.15, 0.2) is 11.3 Å². The van der Waals surface area contributed by atoms with Gasteiger partial charge in [-0.15, -0.1) is 0 Å². The van der Waals surface area contributed by atoms with Crippen molar-refractivity contribution in [3.63, 3.8) is 0 Å². The van der Waals surface area contributed by atoms with Gasteiger partial charge in [-0.3, -0.25) is 19.2 Å². The summed E-state index contributed by atoms with van der Waals surface area (Å²) in [4.78, 5) is 62.6. The number of pyridine rings is 1. The Morgan fingerprint density at radius 2 is 1.73 bits per heavy atom. The van der Waals surface area contributed by atoms with E-state index in [1.54, 1.807) is 4.90 Å². The number of fused-ring (bicyclic) bond motifs is 5. The Hall–Kier alpha value is -4.29. The van der Waals surface area contributed by atoms with Crippen molar-refractivity contribution in [2.75, 3.05) is 13.7 Å². The number of carbonyl (C=O) groups is 3. The summed E-state index contributed by atoms with van der Waals surface area (Å²) in [6.07, 6.45) is 14.8. The van der Waals surface area contributed by atoms with Gasteiger partial charge in [-0.1, -0.05) is 82.4 Å². The number of esters is 1. The van der Waals surface area contributed by atoms with Gasteiger partial charge in [0.1, 0.15) is 17.2 Å². The monoisotopic (exact) mass is 712 g/mol. The van der Waals surface area contributed by atoms with E-state index >= 15 is 0 Å². The van der Waals surface area contributed by atoms with Crippen molar-refractivity contribution in [1.82, 2.24) is 14.8 Å². The molecule has 2 amide bonds. The number of benzene rings is 1. The summed E-state index contributed by atoms with van der Waals surface area (Å²) >= 11 is 0. The normalized spacial score (nSPS) is 20.8. The first-order valence-corrected chi connectivity index (χ1v) is 18.4. The van der Waals surface area contributed by atoms with E-state index in [-0.39, 0.29) is 43.2 Å². The number of rotatable bonds is 16. The zero-order valence-corrected chi connectivity index (χ0v) is 29.9. The van der Waals surface area contributed by atoms with Crippen molar-refractivity contribution in [3.05, 3.63) is 63.1 Å². The third-order valence-corrected chi connectivity index (χ3v) is 10.4. The van der Waals surface area contributed by atoms with Crippen LogP contribution in [0.2, 0.25) is 0 Å². The van der Waals surface area contributed by atoms with Crippen LogP contribution < -0.4 is 15.5 Å². The molecule has 13 heteroatoms. The molecule has 1 saturated heterocycles. The number of aromatic nitrogens is 1. The third-order valence-electron chi connectivity index (χ3n) is 10.4. The van der Waals surface area contributed by atoms with Crippen molar-refractivity contribution in [1.29, 1.82) is 0 Å². The van der Waals surface area contributed by atoms with Gasteiger partial charge < -0.3 is 29.1 Å². The summed E-state index contributed by atoms with van der Waals surface area (Å²) in [5, 5.41) is 6.65. The molecule has 0 aliphatic carbocycles. The lowest BCUT2D eigenvalue weighted by Gasteiger charge is -2.41. The molecule has 3 aliphatic heterocycles. The highest BCUT2D eigenvalue weighted by molar-refractivity contribution is 6.00. The maximum absolute atomic E-state index is 14.4. The van der Waals surface area contributed by atoms with Gasteiger partial charge in [-0.05, 0) is 32.3 Å². The standard InChI is InChI=1S/C38H50F2N4O7/c1-4-5-6-7-8-9-10-11-12-13-14-15-32(45)50-35-33-37(48)43-24-30(38(19-18-25(43)2)21-31(49-3)42-51-38)44(33)23-28(34(35)46)36(47)41-22-26-16-17-27(39)20-29(26)40/h16-17,20,23,25,30H,4-15,18-19,21-22,24H2,1-3H3,(H,41,47)/t25-,30+,38-/m0/s1. The van der Waals surface area contributed by atoms with Gasteiger partial charge in [-0.25, -0.2) is 8.78 Å². The summed E-state index contributed by atoms with van der Waals surface area (Å²) in [6, 6.07) is 2.10. The van der Waals surface area contributed by atoms with Crippen LogP contribution in [0.1, 0.15) is 143 Å². The first-order chi connectivity index (χ1) is 24.6. The number of ether oxygens (including phenoxy) is 2. The third kappa shape index (κ3) is 8.78. The molecule has 5 rings (SSSR count). The van der Waals surface area contributed by atoms with Crippen LogP contribution in [-0.2, 0) is 20.9 Å². The van der Waals surface area contributed by atoms with Gasteiger partial charge in [0.05, 0.1) is 19.6 Å². The molecule has 0 radical (unpaired) electrons. The van der Waals surface area contributed by atoms with E-state index in [0.29, 0.717) is 31.2 Å². The van der Waals surface area contributed by atoms with Crippen molar-refractivity contribution in [2.24, 2.45) is 5.16 Å². The molecule has 11 nitrogen and oxygen atoms in total. The van der Waals surface area contributed by atoms with Crippen LogP contribution in [0.4, 0.5) is 8.78 Å². The van der Waals surface area contributed by atoms with Gasteiger partial charge in [0, 0.05) is 43.4 Å². The fourth-order valence-corrected chi connectivity index (χ4v) is 7.31. The topological polar surface area (TPSA) is 129 Å². The molecule has 278 valence electrons. The Labute approximate surface area is 297 Å². The molecule has 2 aromatic rings. The molecule has 1 fully saturated rings. The summed E-state index contributed by atoms with van der Waals surface area (Å²) in [5.74, 6) is -3.85. The second kappa shape index (κ2) is 17.3.